The number of hydrogen-bond acceptors (Lipinski definition) is 8. The summed E-state index contributed by atoms with van der Waals surface area (Å²) >= 11 is 0. The zero-order valence-corrected chi connectivity index (χ0v) is 22.4. The van der Waals surface area contributed by atoms with Crippen LogP contribution in [0.25, 0.3) is 0 Å². The molecular formula is C27H42O8. The van der Waals surface area contributed by atoms with Crippen molar-refractivity contribution >= 4 is 18.3 Å². The predicted octanol–water partition coefficient (Wildman–Crippen LogP) is 5.80. The van der Waals surface area contributed by atoms with Crippen molar-refractivity contribution in [3.05, 3.63) is 0 Å². The van der Waals surface area contributed by atoms with E-state index in [2.05, 4.69) is 41.5 Å². The van der Waals surface area contributed by atoms with Gasteiger partial charge in [0.25, 0.3) is 0 Å². The molecule has 0 spiro atoms. The van der Waals surface area contributed by atoms with E-state index in [1.54, 1.807) is 0 Å². The summed E-state index contributed by atoms with van der Waals surface area (Å²) in [5, 5.41) is 0. The van der Waals surface area contributed by atoms with Crippen LogP contribution in [0, 0.1) is 28.1 Å². The van der Waals surface area contributed by atoms with Crippen LogP contribution in [0.15, 0.2) is 0 Å². The third kappa shape index (κ3) is 5.41. The van der Waals surface area contributed by atoms with Crippen LogP contribution in [0.4, 0.5) is 9.59 Å². The lowest BCUT2D eigenvalue weighted by Crippen LogP contribution is -2.62. The smallest absolute Gasteiger partial charge is 0.458 e. The number of carbonyl (C=O) groups excluding carboxylic acids is 3. The van der Waals surface area contributed by atoms with Gasteiger partial charge in [-0.15, -0.1) is 0 Å². The molecule has 1 aliphatic heterocycles. The Morgan fingerprint density at radius 1 is 0.943 bits per heavy atom. The maximum atomic E-state index is 13.9. The lowest BCUT2D eigenvalue weighted by atomic mass is 9.52. The van der Waals surface area contributed by atoms with Crippen molar-refractivity contribution in [3.8, 4) is 0 Å². The molecule has 198 valence electrons. The van der Waals surface area contributed by atoms with Crippen molar-refractivity contribution in [2.45, 2.75) is 111 Å². The Bertz CT molecular complexity index is 851. The number of cyclic esters (lactones) is 2. The molecule has 4 saturated carbocycles. The molecule has 4 bridgehead atoms. The van der Waals surface area contributed by atoms with Crippen molar-refractivity contribution in [1.82, 2.24) is 0 Å². The Balaban J connectivity index is 1.47. The van der Waals surface area contributed by atoms with E-state index in [1.807, 2.05) is 6.92 Å². The van der Waals surface area contributed by atoms with Gasteiger partial charge in [-0.2, -0.15) is 0 Å². The maximum absolute atomic E-state index is 13.9. The number of hydrogen-bond donors (Lipinski definition) is 0. The SMILES string of the molecule is CC(C)(C)CC(C)(C(=O)OC12CC3CC(CC(OC(=O)OCC4COC(=O)O4)(C3)C1)C2)C(C)(C)C. The number of ether oxygens (including phenoxy) is 5. The summed E-state index contributed by atoms with van der Waals surface area (Å²) in [5.74, 6) is 0.553. The topological polar surface area (TPSA) is 97.4 Å². The Hall–Kier alpha value is -1.99. The van der Waals surface area contributed by atoms with Crippen LogP contribution in [-0.2, 0) is 28.5 Å². The Kier molecular flexibility index (Phi) is 6.37. The average molecular weight is 495 g/mol. The van der Waals surface area contributed by atoms with Crippen LogP contribution < -0.4 is 0 Å². The van der Waals surface area contributed by atoms with E-state index in [0.717, 1.165) is 32.1 Å². The zero-order chi connectivity index (χ0) is 25.9. The molecule has 1 heterocycles. The fourth-order valence-corrected chi connectivity index (χ4v) is 7.16. The molecule has 5 aliphatic rings. The molecule has 0 radical (unpaired) electrons. The van der Waals surface area contributed by atoms with Gasteiger partial charge in [-0.05, 0) is 68.1 Å². The molecule has 0 aromatic rings. The van der Waals surface area contributed by atoms with Gasteiger partial charge in [0.2, 0.25) is 0 Å². The van der Waals surface area contributed by atoms with Gasteiger partial charge in [-0.25, -0.2) is 9.59 Å². The van der Waals surface area contributed by atoms with Crippen molar-refractivity contribution < 1.29 is 38.1 Å². The summed E-state index contributed by atoms with van der Waals surface area (Å²) in [6.45, 7) is 14.8. The standard InChI is InChI=1S/C27H42O8/c1-23(2,3)15-25(7,24(4,5)6)20(28)34-26-9-17-8-18(10-26)12-27(11-17,16-26)35-22(30)32-14-19-13-31-21(29)33-19/h17-19H,8-16H2,1-7H3. The third-order valence-electron chi connectivity index (χ3n) is 8.59. The van der Waals surface area contributed by atoms with E-state index >= 15 is 0 Å². The molecule has 5 rings (SSSR count). The first-order valence-corrected chi connectivity index (χ1v) is 12.9. The van der Waals surface area contributed by atoms with Gasteiger partial charge in [-0.3, -0.25) is 4.79 Å². The summed E-state index contributed by atoms with van der Waals surface area (Å²) in [6, 6.07) is 0. The zero-order valence-electron chi connectivity index (χ0n) is 22.4. The molecule has 35 heavy (non-hydrogen) atoms. The number of carbonyl (C=O) groups is 3. The van der Waals surface area contributed by atoms with E-state index in [0.29, 0.717) is 24.7 Å². The van der Waals surface area contributed by atoms with Crippen LogP contribution in [0.5, 0.6) is 0 Å². The van der Waals surface area contributed by atoms with Crippen LogP contribution in [0.2, 0.25) is 0 Å². The first-order valence-electron chi connectivity index (χ1n) is 12.9. The fraction of sp³-hybridized carbons (Fsp3) is 0.889. The van der Waals surface area contributed by atoms with E-state index in [4.69, 9.17) is 23.7 Å². The number of esters is 1. The first-order chi connectivity index (χ1) is 16.0. The molecule has 0 N–H and O–H groups in total. The van der Waals surface area contributed by atoms with Crippen molar-refractivity contribution in [2.75, 3.05) is 13.2 Å². The summed E-state index contributed by atoms with van der Waals surface area (Å²) < 4.78 is 27.3. The first kappa shape index (κ1) is 26.1. The highest BCUT2D eigenvalue weighted by molar-refractivity contribution is 5.78. The van der Waals surface area contributed by atoms with Gasteiger partial charge in [0.05, 0.1) is 5.41 Å². The Morgan fingerprint density at radius 3 is 2.00 bits per heavy atom. The van der Waals surface area contributed by atoms with E-state index in [9.17, 15) is 14.4 Å². The maximum Gasteiger partial charge on any atom is 0.508 e. The molecule has 1 saturated heterocycles. The molecule has 0 amide bonds. The molecule has 8 heteroatoms. The Labute approximate surface area is 208 Å². The van der Waals surface area contributed by atoms with Crippen molar-refractivity contribution in [3.63, 3.8) is 0 Å². The monoisotopic (exact) mass is 494 g/mol. The molecule has 0 aromatic heterocycles. The molecule has 8 nitrogen and oxygen atoms in total. The van der Waals surface area contributed by atoms with Crippen molar-refractivity contribution in [2.24, 2.45) is 28.1 Å². The second-order valence-corrected chi connectivity index (χ2v) is 14.0. The quantitative estimate of drug-likeness (QED) is 0.338. The highest BCUT2D eigenvalue weighted by Gasteiger charge is 2.63. The molecular weight excluding hydrogens is 452 g/mol. The summed E-state index contributed by atoms with van der Waals surface area (Å²) in [6.07, 6.45) is 3.31. The minimum Gasteiger partial charge on any atom is -0.458 e. The van der Waals surface area contributed by atoms with E-state index < -0.39 is 35.0 Å². The molecule has 0 aromatic carbocycles. The minimum atomic E-state index is -0.774. The highest BCUT2D eigenvalue weighted by atomic mass is 16.8. The lowest BCUT2D eigenvalue weighted by Gasteiger charge is -2.60. The fourth-order valence-electron chi connectivity index (χ4n) is 7.16. The molecule has 4 unspecified atom stereocenters. The van der Waals surface area contributed by atoms with Gasteiger partial charge in [0.1, 0.15) is 24.4 Å². The summed E-state index contributed by atoms with van der Waals surface area (Å²) in [7, 11) is 0. The van der Waals surface area contributed by atoms with Crippen LogP contribution in [0.3, 0.4) is 0 Å². The average Bonchev–Trinajstić information content (AvgIpc) is 3.07. The normalized spacial score (nSPS) is 35.6. The van der Waals surface area contributed by atoms with E-state index in [-0.39, 0.29) is 30.0 Å². The van der Waals surface area contributed by atoms with Gasteiger partial charge in [-0.1, -0.05) is 41.5 Å². The molecule has 5 fully saturated rings. The van der Waals surface area contributed by atoms with Crippen LogP contribution in [-0.4, -0.2) is 48.8 Å². The largest absolute Gasteiger partial charge is 0.508 e. The molecule has 4 atom stereocenters. The lowest BCUT2D eigenvalue weighted by molar-refractivity contribution is -0.233. The molecule has 4 aliphatic carbocycles. The Morgan fingerprint density at radius 2 is 1.51 bits per heavy atom. The van der Waals surface area contributed by atoms with Gasteiger partial charge >= 0.3 is 18.3 Å². The highest BCUT2D eigenvalue weighted by Crippen LogP contribution is 2.61. The van der Waals surface area contributed by atoms with Gasteiger partial charge in [0.15, 0.2) is 6.10 Å². The second kappa shape index (κ2) is 8.55. The van der Waals surface area contributed by atoms with Crippen molar-refractivity contribution in [1.29, 1.82) is 0 Å². The number of rotatable bonds is 6. The van der Waals surface area contributed by atoms with Gasteiger partial charge in [0, 0.05) is 6.42 Å². The minimum absolute atomic E-state index is 0.0324. The summed E-state index contributed by atoms with van der Waals surface area (Å²) in [5.41, 5.74) is -2.25. The summed E-state index contributed by atoms with van der Waals surface area (Å²) in [4.78, 5) is 37.5. The second-order valence-electron chi connectivity index (χ2n) is 14.0. The predicted molar refractivity (Wildman–Crippen MR) is 127 cm³/mol. The van der Waals surface area contributed by atoms with Crippen LogP contribution in [0.1, 0.15) is 93.4 Å². The van der Waals surface area contributed by atoms with E-state index in [1.165, 1.54) is 0 Å². The van der Waals surface area contributed by atoms with Gasteiger partial charge < -0.3 is 23.7 Å². The van der Waals surface area contributed by atoms with Crippen LogP contribution >= 0.6 is 0 Å². The third-order valence-corrected chi connectivity index (χ3v) is 8.59.